The van der Waals surface area contributed by atoms with E-state index in [1.807, 2.05) is 0 Å². The lowest BCUT2D eigenvalue weighted by Gasteiger charge is -2.24. The Morgan fingerprint density at radius 1 is 0.962 bits per heavy atom. The molecule has 26 heavy (non-hydrogen) atoms. The van der Waals surface area contributed by atoms with Gasteiger partial charge in [-0.05, 0) is 57.2 Å². The third-order valence-corrected chi connectivity index (χ3v) is 4.03. The number of amides is 2. The summed E-state index contributed by atoms with van der Waals surface area (Å²) in [4.78, 5) is 38.0. The first-order valence-corrected chi connectivity index (χ1v) is 8.29. The Balaban J connectivity index is 1.80. The van der Waals surface area contributed by atoms with Crippen LogP contribution in [0.5, 0.6) is 5.75 Å². The third-order valence-electron chi connectivity index (χ3n) is 4.03. The lowest BCUT2D eigenvalue weighted by atomic mass is 10.1. The van der Waals surface area contributed by atoms with Crippen LogP contribution in [0.4, 0.5) is 5.69 Å². The summed E-state index contributed by atoms with van der Waals surface area (Å²) in [6.45, 7) is 5.22. The summed E-state index contributed by atoms with van der Waals surface area (Å²) >= 11 is 0. The second-order valence-corrected chi connectivity index (χ2v) is 6.32. The number of carbonyl (C=O) groups is 3. The van der Waals surface area contributed by atoms with Crippen LogP contribution in [-0.2, 0) is 9.53 Å². The van der Waals surface area contributed by atoms with Gasteiger partial charge in [0.05, 0.1) is 23.4 Å². The number of hydrogen-bond acceptors (Lipinski definition) is 5. The Morgan fingerprint density at radius 2 is 1.50 bits per heavy atom. The number of fused-ring (bicyclic) bond motifs is 1. The molecule has 0 aliphatic carbocycles. The van der Waals surface area contributed by atoms with E-state index in [4.69, 9.17) is 9.47 Å². The topological polar surface area (TPSA) is 72.9 Å². The van der Waals surface area contributed by atoms with Crippen LogP contribution in [0.3, 0.4) is 0 Å². The highest BCUT2D eigenvalue weighted by atomic mass is 16.6. The van der Waals surface area contributed by atoms with Crippen molar-refractivity contribution in [2.45, 2.75) is 26.4 Å². The SMILES string of the molecule is CCOC(=O)C(C)(C)Oc1ccc(N2C(=O)c3ccccc3C2=O)cc1. The molecule has 2 aromatic rings. The number of imide groups is 1. The first-order valence-electron chi connectivity index (χ1n) is 8.29. The molecule has 2 aromatic carbocycles. The highest BCUT2D eigenvalue weighted by Crippen LogP contribution is 2.30. The van der Waals surface area contributed by atoms with Gasteiger partial charge in [-0.3, -0.25) is 9.59 Å². The van der Waals surface area contributed by atoms with Crippen molar-refractivity contribution in [2.75, 3.05) is 11.5 Å². The molecular weight excluding hydrogens is 334 g/mol. The Hall–Kier alpha value is -3.15. The number of benzene rings is 2. The molecule has 0 radical (unpaired) electrons. The van der Waals surface area contributed by atoms with Gasteiger partial charge in [-0.15, -0.1) is 0 Å². The van der Waals surface area contributed by atoms with Gasteiger partial charge in [0.25, 0.3) is 11.8 Å². The summed E-state index contributed by atoms with van der Waals surface area (Å²) in [5.41, 5.74) is 0.0765. The van der Waals surface area contributed by atoms with Crippen molar-refractivity contribution in [2.24, 2.45) is 0 Å². The second-order valence-electron chi connectivity index (χ2n) is 6.32. The summed E-state index contributed by atoms with van der Waals surface area (Å²) in [7, 11) is 0. The Bertz CT molecular complexity index is 835. The standard InChI is InChI=1S/C20H19NO5/c1-4-25-19(24)20(2,3)26-14-11-9-13(10-12-14)21-17(22)15-7-5-6-8-16(15)18(21)23/h5-12H,4H2,1-3H3. The molecular formula is C20H19NO5. The predicted molar refractivity (Wildman–Crippen MR) is 95.4 cm³/mol. The minimum absolute atomic E-state index is 0.268. The molecule has 2 amide bonds. The average Bonchev–Trinajstić information content (AvgIpc) is 2.87. The molecule has 0 fully saturated rings. The van der Waals surface area contributed by atoms with Gasteiger partial charge in [0.1, 0.15) is 5.75 Å². The van der Waals surface area contributed by atoms with Crippen molar-refractivity contribution < 1.29 is 23.9 Å². The molecule has 0 aromatic heterocycles. The van der Waals surface area contributed by atoms with E-state index < -0.39 is 11.6 Å². The van der Waals surface area contributed by atoms with Crippen molar-refractivity contribution >= 4 is 23.5 Å². The molecule has 0 saturated carbocycles. The molecule has 6 nitrogen and oxygen atoms in total. The lowest BCUT2D eigenvalue weighted by molar-refractivity contribution is -0.158. The number of esters is 1. The van der Waals surface area contributed by atoms with Crippen LogP contribution in [0.15, 0.2) is 48.5 Å². The predicted octanol–water partition coefficient (Wildman–Crippen LogP) is 3.21. The van der Waals surface area contributed by atoms with Gasteiger partial charge in [0.15, 0.2) is 5.60 Å². The Labute approximate surface area is 151 Å². The molecule has 1 aliphatic heterocycles. The molecule has 1 heterocycles. The smallest absolute Gasteiger partial charge is 0.349 e. The Morgan fingerprint density at radius 3 is 2.00 bits per heavy atom. The fourth-order valence-corrected chi connectivity index (χ4v) is 2.73. The minimum atomic E-state index is -1.15. The molecule has 0 spiro atoms. The summed E-state index contributed by atoms with van der Waals surface area (Å²) in [5, 5.41) is 0. The molecule has 3 rings (SSSR count). The van der Waals surface area contributed by atoms with E-state index in [1.54, 1.807) is 69.3 Å². The highest BCUT2D eigenvalue weighted by Gasteiger charge is 2.36. The van der Waals surface area contributed by atoms with Crippen LogP contribution in [0.2, 0.25) is 0 Å². The Kier molecular flexibility index (Phi) is 4.50. The minimum Gasteiger partial charge on any atom is -0.476 e. The van der Waals surface area contributed by atoms with E-state index in [2.05, 4.69) is 0 Å². The normalized spacial score (nSPS) is 13.6. The summed E-state index contributed by atoms with van der Waals surface area (Å²) in [5.74, 6) is -0.745. The maximum absolute atomic E-state index is 12.5. The zero-order chi connectivity index (χ0) is 18.9. The largest absolute Gasteiger partial charge is 0.476 e. The van der Waals surface area contributed by atoms with Crippen molar-refractivity contribution in [3.63, 3.8) is 0 Å². The highest BCUT2D eigenvalue weighted by molar-refractivity contribution is 6.34. The summed E-state index contributed by atoms with van der Waals surface area (Å²) < 4.78 is 10.7. The fraction of sp³-hybridized carbons (Fsp3) is 0.250. The maximum atomic E-state index is 12.5. The van der Waals surface area contributed by atoms with E-state index in [9.17, 15) is 14.4 Å². The van der Waals surface area contributed by atoms with E-state index in [-0.39, 0.29) is 18.4 Å². The second kappa shape index (κ2) is 6.63. The molecule has 1 aliphatic rings. The van der Waals surface area contributed by atoms with Gasteiger partial charge in [0, 0.05) is 0 Å². The van der Waals surface area contributed by atoms with Crippen molar-refractivity contribution in [3.8, 4) is 5.75 Å². The van der Waals surface area contributed by atoms with E-state index in [0.29, 0.717) is 22.6 Å². The lowest BCUT2D eigenvalue weighted by Crippen LogP contribution is -2.39. The van der Waals surface area contributed by atoms with Crippen molar-refractivity contribution in [1.29, 1.82) is 0 Å². The van der Waals surface area contributed by atoms with Gasteiger partial charge in [-0.2, -0.15) is 0 Å². The maximum Gasteiger partial charge on any atom is 0.349 e. The quantitative estimate of drug-likeness (QED) is 0.610. The van der Waals surface area contributed by atoms with Crippen LogP contribution < -0.4 is 9.64 Å². The van der Waals surface area contributed by atoms with Gasteiger partial charge in [0.2, 0.25) is 0 Å². The van der Waals surface area contributed by atoms with Crippen molar-refractivity contribution in [3.05, 3.63) is 59.7 Å². The number of rotatable bonds is 5. The van der Waals surface area contributed by atoms with E-state index in [0.717, 1.165) is 4.90 Å². The molecule has 0 atom stereocenters. The zero-order valence-corrected chi connectivity index (χ0v) is 14.8. The van der Waals surface area contributed by atoms with Gasteiger partial charge in [-0.1, -0.05) is 12.1 Å². The summed E-state index contributed by atoms with van der Waals surface area (Å²) in [6.07, 6.45) is 0. The molecule has 6 heteroatoms. The van der Waals surface area contributed by atoms with Crippen LogP contribution >= 0.6 is 0 Å². The summed E-state index contributed by atoms with van der Waals surface area (Å²) in [6, 6.07) is 13.2. The van der Waals surface area contributed by atoms with Gasteiger partial charge in [-0.25, -0.2) is 9.69 Å². The molecule has 0 bridgehead atoms. The number of ether oxygens (including phenoxy) is 2. The molecule has 0 unspecified atom stereocenters. The van der Waals surface area contributed by atoms with Gasteiger partial charge < -0.3 is 9.47 Å². The fourth-order valence-electron chi connectivity index (χ4n) is 2.73. The van der Waals surface area contributed by atoms with Crippen LogP contribution in [0, 0.1) is 0 Å². The molecule has 0 saturated heterocycles. The number of carbonyl (C=O) groups excluding carboxylic acids is 3. The van der Waals surface area contributed by atoms with E-state index in [1.165, 1.54) is 0 Å². The number of hydrogen-bond donors (Lipinski definition) is 0. The van der Waals surface area contributed by atoms with Crippen molar-refractivity contribution in [1.82, 2.24) is 0 Å². The monoisotopic (exact) mass is 353 g/mol. The average molecular weight is 353 g/mol. The third kappa shape index (κ3) is 3.06. The zero-order valence-electron chi connectivity index (χ0n) is 14.8. The van der Waals surface area contributed by atoms with Crippen LogP contribution in [-0.4, -0.2) is 30.0 Å². The number of anilines is 1. The molecule has 134 valence electrons. The van der Waals surface area contributed by atoms with E-state index >= 15 is 0 Å². The van der Waals surface area contributed by atoms with Gasteiger partial charge >= 0.3 is 5.97 Å². The van der Waals surface area contributed by atoms with Crippen LogP contribution in [0.1, 0.15) is 41.5 Å². The first kappa shape index (κ1) is 17.7. The van der Waals surface area contributed by atoms with Crippen LogP contribution in [0.25, 0.3) is 0 Å². The number of nitrogens with zero attached hydrogens (tertiary/aromatic N) is 1. The molecule has 0 N–H and O–H groups in total. The first-order chi connectivity index (χ1) is 12.3.